The lowest BCUT2D eigenvalue weighted by Gasteiger charge is -2.22. The van der Waals surface area contributed by atoms with Gasteiger partial charge in [-0.15, -0.1) is 0 Å². The standard InChI is InChI=1S/C24H29N3O3/c1-2-30-22-6-4-3-5-21(22)26-23(28)16-27(20-13-14-20)15-17-7-9-18(10-8-17)24(29)25-19-11-12-19/h3-10,19-20H,2,11-16H2,1H3,(H,25,29)(H,26,28). The van der Waals surface area contributed by atoms with Crippen molar-refractivity contribution in [3.63, 3.8) is 0 Å². The predicted molar refractivity (Wildman–Crippen MR) is 117 cm³/mol. The highest BCUT2D eigenvalue weighted by atomic mass is 16.5. The topological polar surface area (TPSA) is 70.7 Å². The molecule has 0 atom stereocenters. The second kappa shape index (κ2) is 9.30. The van der Waals surface area contributed by atoms with Gasteiger partial charge in [-0.2, -0.15) is 0 Å². The van der Waals surface area contributed by atoms with E-state index in [0.717, 1.165) is 31.2 Å². The molecule has 0 bridgehead atoms. The van der Waals surface area contributed by atoms with E-state index < -0.39 is 0 Å². The van der Waals surface area contributed by atoms with Gasteiger partial charge in [-0.25, -0.2) is 0 Å². The number of carbonyl (C=O) groups is 2. The Labute approximate surface area is 177 Å². The first-order valence-electron chi connectivity index (χ1n) is 10.8. The van der Waals surface area contributed by atoms with Crippen molar-refractivity contribution in [3.8, 4) is 5.75 Å². The summed E-state index contributed by atoms with van der Waals surface area (Å²) < 4.78 is 5.60. The maximum atomic E-state index is 12.7. The van der Waals surface area contributed by atoms with Crippen molar-refractivity contribution in [1.29, 1.82) is 0 Å². The van der Waals surface area contributed by atoms with Crippen LogP contribution in [0.5, 0.6) is 5.75 Å². The normalized spacial score (nSPS) is 15.7. The van der Waals surface area contributed by atoms with Gasteiger partial charge in [-0.05, 0) is 62.4 Å². The van der Waals surface area contributed by atoms with Crippen LogP contribution in [0, 0.1) is 0 Å². The van der Waals surface area contributed by atoms with Gasteiger partial charge < -0.3 is 15.4 Å². The molecule has 0 spiro atoms. The predicted octanol–water partition coefficient (Wildman–Crippen LogP) is 3.58. The number of para-hydroxylation sites is 2. The zero-order valence-electron chi connectivity index (χ0n) is 17.4. The van der Waals surface area contributed by atoms with Crippen molar-refractivity contribution < 1.29 is 14.3 Å². The number of benzene rings is 2. The van der Waals surface area contributed by atoms with E-state index in [9.17, 15) is 9.59 Å². The summed E-state index contributed by atoms with van der Waals surface area (Å²) in [5, 5.41) is 5.99. The maximum absolute atomic E-state index is 12.7. The number of amides is 2. The zero-order valence-corrected chi connectivity index (χ0v) is 17.4. The summed E-state index contributed by atoms with van der Waals surface area (Å²) in [5.74, 6) is 0.635. The lowest BCUT2D eigenvalue weighted by atomic mass is 10.1. The Morgan fingerprint density at radius 2 is 1.77 bits per heavy atom. The quantitative estimate of drug-likeness (QED) is 0.632. The average Bonchev–Trinajstić information content (AvgIpc) is 3.64. The molecular formula is C24H29N3O3. The van der Waals surface area contributed by atoms with E-state index in [-0.39, 0.29) is 11.8 Å². The van der Waals surface area contributed by atoms with E-state index >= 15 is 0 Å². The SMILES string of the molecule is CCOc1ccccc1NC(=O)CN(Cc1ccc(C(=O)NC2CC2)cc1)C1CC1. The van der Waals surface area contributed by atoms with Crippen LogP contribution in [0.3, 0.4) is 0 Å². The summed E-state index contributed by atoms with van der Waals surface area (Å²) in [6.07, 6.45) is 4.39. The number of hydrogen-bond donors (Lipinski definition) is 2. The molecule has 2 aliphatic carbocycles. The summed E-state index contributed by atoms with van der Waals surface area (Å²) in [6, 6.07) is 16.0. The molecule has 6 heteroatoms. The highest BCUT2D eigenvalue weighted by molar-refractivity contribution is 5.94. The van der Waals surface area contributed by atoms with Gasteiger partial charge in [0, 0.05) is 24.2 Å². The highest BCUT2D eigenvalue weighted by Gasteiger charge is 2.30. The molecule has 4 rings (SSSR count). The molecule has 2 fully saturated rings. The Hall–Kier alpha value is -2.86. The minimum absolute atomic E-state index is 0.00422. The number of rotatable bonds is 10. The number of hydrogen-bond acceptors (Lipinski definition) is 4. The molecule has 2 amide bonds. The van der Waals surface area contributed by atoms with E-state index in [1.165, 1.54) is 0 Å². The van der Waals surface area contributed by atoms with Crippen molar-refractivity contribution in [2.24, 2.45) is 0 Å². The van der Waals surface area contributed by atoms with Crippen LogP contribution < -0.4 is 15.4 Å². The van der Waals surface area contributed by atoms with E-state index in [2.05, 4.69) is 15.5 Å². The van der Waals surface area contributed by atoms with Crippen LogP contribution in [-0.4, -0.2) is 41.9 Å². The maximum Gasteiger partial charge on any atom is 0.251 e. The first-order chi connectivity index (χ1) is 14.6. The fourth-order valence-corrected chi connectivity index (χ4v) is 3.47. The minimum atomic E-state index is -0.0468. The van der Waals surface area contributed by atoms with E-state index in [4.69, 9.17) is 4.74 Å². The average molecular weight is 408 g/mol. The lowest BCUT2D eigenvalue weighted by molar-refractivity contribution is -0.117. The van der Waals surface area contributed by atoms with E-state index in [1.807, 2.05) is 55.5 Å². The van der Waals surface area contributed by atoms with Crippen LogP contribution in [-0.2, 0) is 11.3 Å². The highest BCUT2D eigenvalue weighted by Crippen LogP contribution is 2.29. The Bertz CT molecular complexity index is 889. The van der Waals surface area contributed by atoms with Gasteiger partial charge in [0.05, 0.1) is 18.8 Å². The van der Waals surface area contributed by atoms with E-state index in [1.54, 1.807) is 0 Å². The fraction of sp³-hybridized carbons (Fsp3) is 0.417. The van der Waals surface area contributed by atoms with Crippen LogP contribution in [0.25, 0.3) is 0 Å². The van der Waals surface area contributed by atoms with Gasteiger partial charge in [0.25, 0.3) is 5.91 Å². The molecule has 0 saturated heterocycles. The van der Waals surface area contributed by atoms with Crippen molar-refractivity contribution in [3.05, 3.63) is 59.7 Å². The van der Waals surface area contributed by atoms with Crippen LogP contribution in [0.4, 0.5) is 5.69 Å². The monoisotopic (exact) mass is 407 g/mol. The summed E-state index contributed by atoms with van der Waals surface area (Å²) in [5.41, 5.74) is 2.49. The third kappa shape index (κ3) is 5.60. The van der Waals surface area contributed by atoms with Gasteiger partial charge in [0.15, 0.2) is 0 Å². The number of nitrogens with zero attached hydrogens (tertiary/aromatic N) is 1. The second-order valence-electron chi connectivity index (χ2n) is 8.06. The Kier molecular flexibility index (Phi) is 6.33. The van der Waals surface area contributed by atoms with Crippen molar-refractivity contribution in [2.75, 3.05) is 18.5 Å². The van der Waals surface area contributed by atoms with Gasteiger partial charge in [0.2, 0.25) is 5.91 Å². The molecule has 2 saturated carbocycles. The van der Waals surface area contributed by atoms with Gasteiger partial charge in [-0.3, -0.25) is 14.5 Å². The zero-order chi connectivity index (χ0) is 20.9. The molecule has 30 heavy (non-hydrogen) atoms. The molecule has 158 valence electrons. The van der Waals surface area contributed by atoms with Gasteiger partial charge >= 0.3 is 0 Å². The van der Waals surface area contributed by atoms with Gasteiger partial charge in [0.1, 0.15) is 5.75 Å². The minimum Gasteiger partial charge on any atom is -0.492 e. The molecule has 0 unspecified atom stereocenters. The summed E-state index contributed by atoms with van der Waals surface area (Å²) >= 11 is 0. The number of carbonyl (C=O) groups excluding carboxylic acids is 2. The molecule has 2 N–H and O–H groups in total. The molecule has 6 nitrogen and oxygen atoms in total. The van der Waals surface area contributed by atoms with Crippen molar-refractivity contribution in [2.45, 2.75) is 51.2 Å². The Morgan fingerprint density at radius 1 is 1.03 bits per heavy atom. The molecule has 2 aliphatic rings. The van der Waals surface area contributed by atoms with Gasteiger partial charge in [-0.1, -0.05) is 24.3 Å². The molecule has 2 aromatic carbocycles. The number of nitrogens with one attached hydrogen (secondary N) is 2. The first-order valence-corrected chi connectivity index (χ1v) is 10.8. The first kappa shape index (κ1) is 20.4. The Balaban J connectivity index is 1.35. The van der Waals surface area contributed by atoms with Crippen LogP contribution >= 0.6 is 0 Å². The van der Waals surface area contributed by atoms with Crippen LogP contribution in [0.15, 0.2) is 48.5 Å². The van der Waals surface area contributed by atoms with E-state index in [0.29, 0.717) is 48.8 Å². The Morgan fingerprint density at radius 3 is 2.43 bits per heavy atom. The second-order valence-corrected chi connectivity index (χ2v) is 8.06. The molecule has 0 aromatic heterocycles. The molecule has 0 radical (unpaired) electrons. The number of ether oxygens (including phenoxy) is 1. The largest absolute Gasteiger partial charge is 0.492 e. The van der Waals surface area contributed by atoms with Crippen LogP contribution in [0.2, 0.25) is 0 Å². The third-order valence-corrected chi connectivity index (χ3v) is 5.39. The molecule has 0 heterocycles. The summed E-state index contributed by atoms with van der Waals surface area (Å²) in [7, 11) is 0. The van der Waals surface area contributed by atoms with Crippen molar-refractivity contribution in [1.82, 2.24) is 10.2 Å². The van der Waals surface area contributed by atoms with Crippen molar-refractivity contribution >= 4 is 17.5 Å². The molecular weight excluding hydrogens is 378 g/mol. The smallest absolute Gasteiger partial charge is 0.251 e. The lowest BCUT2D eigenvalue weighted by Crippen LogP contribution is -2.34. The van der Waals surface area contributed by atoms with Crippen LogP contribution in [0.1, 0.15) is 48.5 Å². The fourth-order valence-electron chi connectivity index (χ4n) is 3.47. The third-order valence-electron chi connectivity index (χ3n) is 5.39. The number of anilines is 1. The molecule has 0 aliphatic heterocycles. The summed E-state index contributed by atoms with van der Waals surface area (Å²) in [6.45, 7) is 3.49. The summed E-state index contributed by atoms with van der Waals surface area (Å²) in [4.78, 5) is 27.1. The molecule has 2 aromatic rings.